The van der Waals surface area contributed by atoms with E-state index < -0.39 is 17.7 Å². The average Bonchev–Trinajstić information content (AvgIpc) is 2.83. The number of rotatable bonds is 10. The minimum absolute atomic E-state index is 0.162. The zero-order valence-electron chi connectivity index (χ0n) is 18.5. The first-order chi connectivity index (χ1) is 15.5. The number of aliphatic hydroxyl groups excluding tert-OH is 1. The Bertz CT molecular complexity index is 1000. The monoisotopic (exact) mass is 436 g/mol. The molecule has 0 saturated heterocycles. The van der Waals surface area contributed by atoms with Crippen LogP contribution in [0.4, 0.5) is 0 Å². The van der Waals surface area contributed by atoms with Gasteiger partial charge in [-0.2, -0.15) is 0 Å². The number of methoxy groups -OCH3 is 1. The molecule has 0 aromatic heterocycles. The molecule has 168 valence electrons. The van der Waals surface area contributed by atoms with Gasteiger partial charge in [-0.25, -0.2) is 4.79 Å². The molecule has 0 radical (unpaired) electrons. The van der Waals surface area contributed by atoms with Crippen molar-refractivity contribution >= 4 is 5.97 Å². The fourth-order valence-corrected chi connectivity index (χ4v) is 3.20. The van der Waals surface area contributed by atoms with Crippen molar-refractivity contribution in [3.63, 3.8) is 0 Å². The molecule has 32 heavy (non-hydrogen) atoms. The Hall–Kier alpha value is -3.51. The van der Waals surface area contributed by atoms with E-state index in [-0.39, 0.29) is 6.61 Å². The quantitative estimate of drug-likeness (QED) is 0.464. The zero-order chi connectivity index (χ0) is 23.0. The molecule has 0 aliphatic rings. The number of ether oxygens (including phenoxy) is 4. The average molecular weight is 437 g/mol. The summed E-state index contributed by atoms with van der Waals surface area (Å²) in [5.41, 5.74) is -0.122. The van der Waals surface area contributed by atoms with Crippen LogP contribution < -0.4 is 14.2 Å². The van der Waals surface area contributed by atoms with Crippen LogP contribution in [0, 0.1) is 0 Å². The molecule has 1 N–H and O–H groups in total. The van der Waals surface area contributed by atoms with Crippen LogP contribution in [-0.4, -0.2) is 30.4 Å². The van der Waals surface area contributed by atoms with Gasteiger partial charge < -0.3 is 24.1 Å². The first-order valence-corrected chi connectivity index (χ1v) is 10.4. The van der Waals surface area contributed by atoms with Crippen LogP contribution in [0.2, 0.25) is 0 Å². The lowest BCUT2D eigenvalue weighted by atomic mass is 9.92. The summed E-state index contributed by atoms with van der Waals surface area (Å²) in [7, 11) is 1.54. The lowest BCUT2D eigenvalue weighted by Gasteiger charge is -2.33. The van der Waals surface area contributed by atoms with E-state index in [2.05, 4.69) is 0 Å². The van der Waals surface area contributed by atoms with Crippen molar-refractivity contribution in [2.24, 2.45) is 0 Å². The minimum atomic E-state index is -1.67. The Balaban J connectivity index is 1.79. The summed E-state index contributed by atoms with van der Waals surface area (Å²) in [4.78, 5) is 12.8. The SMILES string of the molecule is CCOC(=O)C(C)(Oc1cccc(OC)c1)C(O)c1ccc(OCc2ccccc2)cc1. The highest BCUT2D eigenvalue weighted by molar-refractivity contribution is 5.81. The molecule has 0 heterocycles. The molecule has 2 atom stereocenters. The van der Waals surface area contributed by atoms with Crippen LogP contribution in [0.15, 0.2) is 78.9 Å². The summed E-state index contributed by atoms with van der Waals surface area (Å²) < 4.78 is 22.2. The first kappa shape index (κ1) is 23.2. The Morgan fingerprint density at radius 1 is 0.938 bits per heavy atom. The van der Waals surface area contributed by atoms with Gasteiger partial charge in [0.15, 0.2) is 0 Å². The van der Waals surface area contributed by atoms with Crippen LogP contribution in [0.1, 0.15) is 31.1 Å². The van der Waals surface area contributed by atoms with Gasteiger partial charge in [0.1, 0.15) is 30.0 Å². The van der Waals surface area contributed by atoms with E-state index in [1.165, 1.54) is 6.92 Å². The van der Waals surface area contributed by atoms with Gasteiger partial charge in [-0.05, 0) is 49.2 Å². The number of carbonyl (C=O) groups is 1. The molecule has 6 heteroatoms. The van der Waals surface area contributed by atoms with Crippen LogP contribution in [-0.2, 0) is 16.1 Å². The van der Waals surface area contributed by atoms with Gasteiger partial charge >= 0.3 is 5.97 Å². The van der Waals surface area contributed by atoms with E-state index in [1.54, 1.807) is 62.6 Å². The van der Waals surface area contributed by atoms with Gasteiger partial charge in [0, 0.05) is 6.07 Å². The fourth-order valence-electron chi connectivity index (χ4n) is 3.20. The van der Waals surface area contributed by atoms with E-state index in [4.69, 9.17) is 18.9 Å². The van der Waals surface area contributed by atoms with E-state index in [9.17, 15) is 9.90 Å². The second-order valence-corrected chi connectivity index (χ2v) is 7.35. The molecule has 0 aliphatic carbocycles. The molecule has 0 saturated carbocycles. The molecular weight excluding hydrogens is 408 g/mol. The Morgan fingerprint density at radius 3 is 2.28 bits per heavy atom. The zero-order valence-corrected chi connectivity index (χ0v) is 18.5. The summed E-state index contributed by atoms with van der Waals surface area (Å²) in [6, 6.07) is 23.6. The topological polar surface area (TPSA) is 74.2 Å². The molecule has 3 aromatic rings. The molecule has 0 bridgehead atoms. The molecule has 0 amide bonds. The van der Waals surface area contributed by atoms with Crippen LogP contribution in [0.3, 0.4) is 0 Å². The highest BCUT2D eigenvalue weighted by atomic mass is 16.6. The molecule has 0 aliphatic heterocycles. The van der Waals surface area contributed by atoms with Crippen molar-refractivity contribution in [3.8, 4) is 17.2 Å². The van der Waals surface area contributed by atoms with E-state index in [0.717, 1.165) is 5.56 Å². The van der Waals surface area contributed by atoms with E-state index in [1.807, 2.05) is 30.3 Å². The molecular formula is C26H28O6. The third-order valence-corrected chi connectivity index (χ3v) is 5.02. The highest BCUT2D eigenvalue weighted by Crippen LogP contribution is 2.34. The normalized spacial score (nSPS) is 13.5. The highest BCUT2D eigenvalue weighted by Gasteiger charge is 2.45. The van der Waals surface area contributed by atoms with Crippen molar-refractivity contribution < 1.29 is 28.8 Å². The van der Waals surface area contributed by atoms with Crippen LogP contribution in [0.25, 0.3) is 0 Å². The molecule has 3 aromatic carbocycles. The van der Waals surface area contributed by atoms with Crippen molar-refractivity contribution in [2.45, 2.75) is 32.2 Å². The maximum Gasteiger partial charge on any atom is 0.353 e. The first-order valence-electron chi connectivity index (χ1n) is 10.4. The summed E-state index contributed by atoms with van der Waals surface area (Å²) in [6.07, 6.45) is -1.28. The van der Waals surface area contributed by atoms with Crippen molar-refractivity contribution in [2.75, 3.05) is 13.7 Å². The van der Waals surface area contributed by atoms with Gasteiger partial charge in [0.05, 0.1) is 13.7 Å². The molecule has 6 nitrogen and oxygen atoms in total. The number of hydrogen-bond donors (Lipinski definition) is 1. The Kier molecular flexibility index (Phi) is 7.73. The lowest BCUT2D eigenvalue weighted by molar-refractivity contribution is -0.171. The largest absolute Gasteiger partial charge is 0.497 e. The van der Waals surface area contributed by atoms with Gasteiger partial charge in [-0.15, -0.1) is 0 Å². The summed E-state index contributed by atoms with van der Waals surface area (Å²) in [6.45, 7) is 3.81. The smallest absolute Gasteiger partial charge is 0.353 e. The van der Waals surface area contributed by atoms with Crippen molar-refractivity contribution in [1.29, 1.82) is 0 Å². The second kappa shape index (κ2) is 10.7. The standard InChI is InChI=1S/C26H28O6/c1-4-30-25(28)26(2,32-23-12-8-11-22(17-23)29-3)24(27)20-13-15-21(16-14-20)31-18-19-9-6-5-7-10-19/h5-17,24,27H,4,18H2,1-3H3. The molecule has 2 unspecified atom stereocenters. The summed E-state index contributed by atoms with van der Waals surface area (Å²) in [5, 5.41) is 11.1. The number of benzene rings is 3. The number of aliphatic hydroxyl groups is 1. The molecule has 0 spiro atoms. The van der Waals surface area contributed by atoms with Crippen LogP contribution in [0.5, 0.6) is 17.2 Å². The molecule has 3 rings (SSSR count). The van der Waals surface area contributed by atoms with Gasteiger partial charge in [0.25, 0.3) is 0 Å². The van der Waals surface area contributed by atoms with Crippen LogP contribution >= 0.6 is 0 Å². The third-order valence-electron chi connectivity index (χ3n) is 5.02. The number of carbonyl (C=O) groups excluding carboxylic acids is 1. The fraction of sp³-hybridized carbons (Fsp3) is 0.269. The second-order valence-electron chi connectivity index (χ2n) is 7.35. The van der Waals surface area contributed by atoms with Gasteiger partial charge in [-0.1, -0.05) is 48.5 Å². The van der Waals surface area contributed by atoms with E-state index in [0.29, 0.717) is 29.4 Å². The number of hydrogen-bond acceptors (Lipinski definition) is 6. The van der Waals surface area contributed by atoms with E-state index >= 15 is 0 Å². The third kappa shape index (κ3) is 5.59. The van der Waals surface area contributed by atoms with Crippen molar-refractivity contribution in [1.82, 2.24) is 0 Å². The summed E-state index contributed by atoms with van der Waals surface area (Å²) in [5.74, 6) is 0.931. The maximum absolute atomic E-state index is 12.8. The minimum Gasteiger partial charge on any atom is -0.497 e. The Labute approximate surface area is 188 Å². The predicted octanol–water partition coefficient (Wildman–Crippen LogP) is 4.71. The Morgan fingerprint density at radius 2 is 1.62 bits per heavy atom. The molecule has 0 fully saturated rings. The lowest BCUT2D eigenvalue weighted by Crippen LogP contribution is -2.48. The van der Waals surface area contributed by atoms with Gasteiger partial charge in [-0.3, -0.25) is 0 Å². The number of esters is 1. The van der Waals surface area contributed by atoms with Crippen molar-refractivity contribution in [3.05, 3.63) is 90.0 Å². The maximum atomic E-state index is 12.8. The predicted molar refractivity (Wildman–Crippen MR) is 121 cm³/mol. The summed E-state index contributed by atoms with van der Waals surface area (Å²) >= 11 is 0. The van der Waals surface area contributed by atoms with Gasteiger partial charge in [0.2, 0.25) is 5.60 Å².